The van der Waals surface area contributed by atoms with Crippen molar-refractivity contribution in [2.24, 2.45) is 5.10 Å². The molecular weight excluding hydrogens is 334 g/mol. The molecule has 2 aromatic rings. The number of carbonyl (C=O) groups is 2. The summed E-state index contributed by atoms with van der Waals surface area (Å²) in [7, 11) is 0. The summed E-state index contributed by atoms with van der Waals surface area (Å²) in [5.41, 5.74) is 3.35. The molecule has 0 aromatic heterocycles. The third-order valence-electron chi connectivity index (χ3n) is 2.82. The molecule has 2 N–H and O–H groups in total. The molecule has 0 aliphatic rings. The molecule has 0 aliphatic heterocycles. The van der Waals surface area contributed by atoms with Gasteiger partial charge in [0, 0.05) is 4.90 Å². The highest BCUT2D eigenvalue weighted by molar-refractivity contribution is 7.98. The van der Waals surface area contributed by atoms with Crippen LogP contribution >= 0.6 is 23.4 Å². The van der Waals surface area contributed by atoms with E-state index in [0.29, 0.717) is 10.7 Å². The van der Waals surface area contributed by atoms with Gasteiger partial charge in [-0.3, -0.25) is 9.59 Å². The van der Waals surface area contributed by atoms with Crippen molar-refractivity contribution in [2.75, 3.05) is 11.6 Å². The van der Waals surface area contributed by atoms with Crippen molar-refractivity contribution in [3.8, 4) is 0 Å². The third kappa shape index (κ3) is 5.12. The molecule has 0 spiro atoms. The topological polar surface area (TPSA) is 70.6 Å². The summed E-state index contributed by atoms with van der Waals surface area (Å²) in [6.45, 7) is 0. The van der Waals surface area contributed by atoms with E-state index >= 15 is 0 Å². The van der Waals surface area contributed by atoms with Crippen molar-refractivity contribution in [1.29, 1.82) is 0 Å². The first kappa shape index (κ1) is 17.1. The molecule has 0 fully saturated rings. The highest BCUT2D eigenvalue weighted by atomic mass is 35.5. The Morgan fingerprint density at radius 1 is 1.09 bits per heavy atom. The van der Waals surface area contributed by atoms with Crippen molar-refractivity contribution in [3.05, 3.63) is 59.1 Å². The van der Waals surface area contributed by atoms with Crippen LogP contribution in [0.5, 0.6) is 0 Å². The van der Waals surface area contributed by atoms with Crippen molar-refractivity contribution in [3.63, 3.8) is 0 Å². The number of para-hydroxylation sites is 1. The van der Waals surface area contributed by atoms with Crippen molar-refractivity contribution in [1.82, 2.24) is 5.43 Å². The second kappa shape index (κ2) is 8.36. The van der Waals surface area contributed by atoms with Gasteiger partial charge in [-0.2, -0.15) is 5.10 Å². The lowest BCUT2D eigenvalue weighted by atomic mass is 10.2. The number of amides is 2. The number of thioether (sulfide) groups is 1. The maximum atomic E-state index is 11.7. The molecule has 2 rings (SSSR count). The van der Waals surface area contributed by atoms with Crippen molar-refractivity contribution >= 4 is 47.1 Å². The molecule has 0 atom stereocenters. The minimum Gasteiger partial charge on any atom is -0.316 e. The van der Waals surface area contributed by atoms with Gasteiger partial charge in [0.2, 0.25) is 0 Å². The smallest absolute Gasteiger partial charge is 0.316 e. The summed E-state index contributed by atoms with van der Waals surface area (Å²) < 4.78 is 0. The van der Waals surface area contributed by atoms with Crippen LogP contribution in [0.15, 0.2) is 58.5 Å². The molecule has 118 valence electrons. The summed E-state index contributed by atoms with van der Waals surface area (Å²) in [5.74, 6) is -1.71. The monoisotopic (exact) mass is 347 g/mol. The normalized spacial score (nSPS) is 10.5. The minimum atomic E-state index is -0.873. The van der Waals surface area contributed by atoms with Gasteiger partial charge in [0.25, 0.3) is 0 Å². The van der Waals surface area contributed by atoms with Crippen LogP contribution in [0.3, 0.4) is 0 Å². The predicted molar refractivity (Wildman–Crippen MR) is 94.0 cm³/mol. The van der Waals surface area contributed by atoms with E-state index in [1.54, 1.807) is 36.0 Å². The highest BCUT2D eigenvalue weighted by Crippen LogP contribution is 2.20. The van der Waals surface area contributed by atoms with Gasteiger partial charge in [0.05, 0.1) is 16.9 Å². The number of hydrogen-bond donors (Lipinski definition) is 2. The molecule has 2 amide bonds. The van der Waals surface area contributed by atoms with E-state index in [0.717, 1.165) is 10.5 Å². The highest BCUT2D eigenvalue weighted by Gasteiger charge is 2.13. The SMILES string of the molecule is CSc1ccc(/C=N/NC(=O)C(=O)Nc2ccccc2Cl)cc1. The number of hydrazone groups is 1. The summed E-state index contributed by atoms with van der Waals surface area (Å²) in [4.78, 5) is 24.5. The first-order valence-electron chi connectivity index (χ1n) is 6.63. The molecule has 7 heteroatoms. The van der Waals surface area contributed by atoms with Crippen LogP contribution in [-0.4, -0.2) is 24.3 Å². The Morgan fingerprint density at radius 3 is 2.43 bits per heavy atom. The third-order valence-corrected chi connectivity index (χ3v) is 3.90. The van der Waals surface area contributed by atoms with E-state index in [2.05, 4.69) is 15.8 Å². The molecule has 23 heavy (non-hydrogen) atoms. The predicted octanol–water partition coefficient (Wildman–Crippen LogP) is 3.15. The fourth-order valence-corrected chi connectivity index (χ4v) is 2.24. The summed E-state index contributed by atoms with van der Waals surface area (Å²) in [6, 6.07) is 14.3. The summed E-state index contributed by atoms with van der Waals surface area (Å²) >= 11 is 7.54. The number of anilines is 1. The van der Waals surface area contributed by atoms with Crippen LogP contribution in [0.4, 0.5) is 5.69 Å². The van der Waals surface area contributed by atoms with E-state index in [1.807, 2.05) is 30.5 Å². The fraction of sp³-hybridized carbons (Fsp3) is 0.0625. The Kier molecular flexibility index (Phi) is 6.19. The lowest BCUT2D eigenvalue weighted by molar-refractivity contribution is -0.136. The molecule has 0 radical (unpaired) electrons. The van der Waals surface area contributed by atoms with Gasteiger partial charge >= 0.3 is 11.8 Å². The molecule has 0 saturated heterocycles. The Labute approximate surface area is 143 Å². The van der Waals surface area contributed by atoms with Crippen LogP contribution in [-0.2, 0) is 9.59 Å². The van der Waals surface area contributed by atoms with E-state index in [9.17, 15) is 9.59 Å². The van der Waals surface area contributed by atoms with Crippen LogP contribution in [0.1, 0.15) is 5.56 Å². The maximum absolute atomic E-state index is 11.7. The molecular formula is C16H14ClN3O2S. The average molecular weight is 348 g/mol. The van der Waals surface area contributed by atoms with E-state index < -0.39 is 11.8 Å². The van der Waals surface area contributed by atoms with Crippen LogP contribution in [0, 0.1) is 0 Å². The lowest BCUT2D eigenvalue weighted by Gasteiger charge is -2.05. The molecule has 2 aromatic carbocycles. The Bertz CT molecular complexity index is 732. The van der Waals surface area contributed by atoms with Crippen LogP contribution in [0.2, 0.25) is 5.02 Å². The number of halogens is 1. The largest absolute Gasteiger partial charge is 0.329 e. The molecule has 0 bridgehead atoms. The van der Waals surface area contributed by atoms with E-state index in [-0.39, 0.29) is 0 Å². The van der Waals surface area contributed by atoms with Gasteiger partial charge in [-0.15, -0.1) is 11.8 Å². The van der Waals surface area contributed by atoms with Gasteiger partial charge in [-0.1, -0.05) is 35.9 Å². The molecule has 0 aliphatic carbocycles. The number of carbonyl (C=O) groups excluding carboxylic acids is 2. The van der Waals surface area contributed by atoms with Crippen LogP contribution in [0.25, 0.3) is 0 Å². The van der Waals surface area contributed by atoms with Gasteiger partial charge < -0.3 is 5.32 Å². The molecule has 0 heterocycles. The molecule has 5 nitrogen and oxygen atoms in total. The number of nitrogens with one attached hydrogen (secondary N) is 2. The second-order valence-electron chi connectivity index (χ2n) is 4.41. The Hall–Kier alpha value is -2.31. The number of nitrogens with zero attached hydrogens (tertiary/aromatic N) is 1. The van der Waals surface area contributed by atoms with Crippen LogP contribution < -0.4 is 10.7 Å². The Morgan fingerprint density at radius 2 is 1.78 bits per heavy atom. The second-order valence-corrected chi connectivity index (χ2v) is 5.69. The van der Waals surface area contributed by atoms with Crippen molar-refractivity contribution < 1.29 is 9.59 Å². The van der Waals surface area contributed by atoms with Gasteiger partial charge in [0.15, 0.2) is 0 Å². The molecule has 0 saturated carbocycles. The van der Waals surface area contributed by atoms with Gasteiger partial charge in [-0.05, 0) is 36.1 Å². The maximum Gasteiger partial charge on any atom is 0.329 e. The van der Waals surface area contributed by atoms with Gasteiger partial charge in [-0.25, -0.2) is 5.43 Å². The zero-order valence-electron chi connectivity index (χ0n) is 12.2. The number of hydrogen-bond acceptors (Lipinski definition) is 4. The molecule has 0 unspecified atom stereocenters. The van der Waals surface area contributed by atoms with Gasteiger partial charge in [0.1, 0.15) is 0 Å². The minimum absolute atomic E-state index is 0.353. The van der Waals surface area contributed by atoms with E-state index in [4.69, 9.17) is 11.6 Å². The zero-order valence-corrected chi connectivity index (χ0v) is 13.8. The van der Waals surface area contributed by atoms with E-state index in [1.165, 1.54) is 6.21 Å². The average Bonchev–Trinajstić information content (AvgIpc) is 2.57. The quantitative estimate of drug-likeness (QED) is 0.386. The summed E-state index contributed by atoms with van der Waals surface area (Å²) in [6.07, 6.45) is 3.45. The standard InChI is InChI=1S/C16H14ClN3O2S/c1-23-12-8-6-11(7-9-12)10-18-20-16(22)15(21)19-14-5-3-2-4-13(14)17/h2-10H,1H3,(H,19,21)(H,20,22)/b18-10+. The van der Waals surface area contributed by atoms with Crippen molar-refractivity contribution in [2.45, 2.75) is 4.90 Å². The number of benzene rings is 2. The lowest BCUT2D eigenvalue weighted by Crippen LogP contribution is -2.32. The number of rotatable bonds is 4. The first-order chi connectivity index (χ1) is 11.1. The Balaban J connectivity index is 1.89. The first-order valence-corrected chi connectivity index (χ1v) is 8.23. The zero-order chi connectivity index (χ0) is 16.7. The fourth-order valence-electron chi connectivity index (χ4n) is 1.65. The summed E-state index contributed by atoms with van der Waals surface area (Å²) in [5, 5.41) is 6.52.